The highest BCUT2D eigenvalue weighted by atomic mass is 32.2. The Morgan fingerprint density at radius 3 is 2.67 bits per heavy atom. The molecule has 2 N–H and O–H groups in total. The lowest BCUT2D eigenvalue weighted by atomic mass is 9.81. The van der Waals surface area contributed by atoms with Crippen LogP contribution in [0.4, 0.5) is 0 Å². The van der Waals surface area contributed by atoms with Crippen LogP contribution >= 0.6 is 11.3 Å². The third-order valence-electron chi connectivity index (χ3n) is 4.48. The van der Waals surface area contributed by atoms with E-state index in [0.29, 0.717) is 16.2 Å². The molecule has 0 radical (unpaired) electrons. The number of hydrogen-bond acceptors (Lipinski definition) is 4. The maximum atomic E-state index is 12.4. The maximum absolute atomic E-state index is 12.4. The summed E-state index contributed by atoms with van der Waals surface area (Å²) in [5.41, 5.74) is 0. The molecule has 4 nitrogen and oxygen atoms in total. The van der Waals surface area contributed by atoms with Gasteiger partial charge in [0.15, 0.2) is 0 Å². The fraction of sp³-hybridized carbons (Fsp3) is 0.733. The van der Waals surface area contributed by atoms with Gasteiger partial charge in [-0.15, -0.1) is 11.3 Å². The Balaban J connectivity index is 1.55. The number of thiophene rings is 1. The summed E-state index contributed by atoms with van der Waals surface area (Å²) < 4.78 is 28.0. The number of hydrogen-bond donors (Lipinski definition) is 2. The van der Waals surface area contributed by atoms with Gasteiger partial charge >= 0.3 is 0 Å². The van der Waals surface area contributed by atoms with E-state index in [4.69, 9.17) is 0 Å². The summed E-state index contributed by atoms with van der Waals surface area (Å²) in [4.78, 5) is 1.14. The fourth-order valence-electron chi connectivity index (χ4n) is 2.66. The van der Waals surface area contributed by atoms with Crippen molar-refractivity contribution < 1.29 is 8.42 Å². The molecule has 1 aromatic heterocycles. The van der Waals surface area contributed by atoms with E-state index in [1.54, 1.807) is 6.07 Å². The van der Waals surface area contributed by atoms with Crippen LogP contribution in [0.2, 0.25) is 0 Å². The van der Waals surface area contributed by atoms with Gasteiger partial charge in [-0.3, -0.25) is 0 Å². The fourth-order valence-corrected chi connectivity index (χ4v) is 5.35. The standard InChI is InChI=1S/C15H24N2O2S2/c1-11(12-3-2-4-12)17-21(18,19)15-8-7-14(20-15)9-10-16-13-5-6-13/h7-8,11-13,16-17H,2-6,9-10H2,1H3. The summed E-state index contributed by atoms with van der Waals surface area (Å²) in [7, 11) is -3.34. The lowest BCUT2D eigenvalue weighted by Gasteiger charge is -2.31. The zero-order valence-electron chi connectivity index (χ0n) is 12.5. The maximum Gasteiger partial charge on any atom is 0.250 e. The van der Waals surface area contributed by atoms with Crippen LogP contribution in [0.1, 0.15) is 43.9 Å². The molecule has 1 unspecified atom stereocenters. The number of sulfonamides is 1. The Bertz CT molecular complexity index is 574. The van der Waals surface area contributed by atoms with Gasteiger partial charge in [-0.25, -0.2) is 13.1 Å². The first kappa shape index (κ1) is 15.5. The second-order valence-corrected chi connectivity index (χ2v) is 9.41. The van der Waals surface area contributed by atoms with Gasteiger partial charge in [0, 0.05) is 23.5 Å². The molecular formula is C15H24N2O2S2. The van der Waals surface area contributed by atoms with Crippen LogP contribution in [0.3, 0.4) is 0 Å². The van der Waals surface area contributed by atoms with Gasteiger partial charge < -0.3 is 5.32 Å². The summed E-state index contributed by atoms with van der Waals surface area (Å²) in [6, 6.07) is 4.44. The largest absolute Gasteiger partial charge is 0.314 e. The molecule has 0 aromatic carbocycles. The molecule has 1 heterocycles. The first-order chi connectivity index (χ1) is 10.0. The quantitative estimate of drug-likeness (QED) is 0.771. The average molecular weight is 329 g/mol. The summed E-state index contributed by atoms with van der Waals surface area (Å²) in [5.74, 6) is 0.516. The minimum absolute atomic E-state index is 0.0471. The molecule has 2 aliphatic rings. The van der Waals surface area contributed by atoms with Crippen LogP contribution in [0.25, 0.3) is 0 Å². The summed E-state index contributed by atoms with van der Waals surface area (Å²) in [5, 5.41) is 3.46. The summed E-state index contributed by atoms with van der Waals surface area (Å²) in [6.07, 6.45) is 7.00. The molecule has 1 aromatic rings. The lowest BCUT2D eigenvalue weighted by molar-refractivity contribution is 0.260. The zero-order chi connectivity index (χ0) is 14.9. The molecule has 0 amide bonds. The van der Waals surface area contributed by atoms with E-state index in [-0.39, 0.29) is 6.04 Å². The molecule has 0 aliphatic heterocycles. The van der Waals surface area contributed by atoms with Crippen LogP contribution in [-0.2, 0) is 16.4 Å². The molecule has 0 bridgehead atoms. The van der Waals surface area contributed by atoms with Gasteiger partial charge in [0.25, 0.3) is 0 Å². The van der Waals surface area contributed by atoms with Gasteiger partial charge in [-0.2, -0.15) is 0 Å². The van der Waals surface area contributed by atoms with Crippen LogP contribution in [0.15, 0.2) is 16.3 Å². The predicted octanol–water partition coefficient (Wildman–Crippen LogP) is 2.51. The highest BCUT2D eigenvalue weighted by Crippen LogP contribution is 2.31. The smallest absolute Gasteiger partial charge is 0.250 e. The molecule has 3 rings (SSSR count). The van der Waals surface area contributed by atoms with Gasteiger partial charge in [-0.05, 0) is 57.1 Å². The Labute approximate surface area is 131 Å². The van der Waals surface area contributed by atoms with E-state index in [2.05, 4.69) is 10.0 Å². The number of rotatable bonds is 8. The lowest BCUT2D eigenvalue weighted by Crippen LogP contribution is -2.40. The van der Waals surface area contributed by atoms with Crippen LogP contribution < -0.4 is 10.0 Å². The normalized spacial score (nSPS) is 21.2. The Hall–Kier alpha value is -0.430. The molecule has 0 spiro atoms. The first-order valence-electron chi connectivity index (χ1n) is 7.89. The third kappa shape index (κ3) is 4.06. The van der Waals surface area contributed by atoms with Gasteiger partial charge in [0.1, 0.15) is 4.21 Å². The van der Waals surface area contributed by atoms with Crippen molar-refractivity contribution in [2.75, 3.05) is 6.54 Å². The molecule has 6 heteroatoms. The Morgan fingerprint density at radius 1 is 1.29 bits per heavy atom. The van der Waals surface area contributed by atoms with E-state index in [9.17, 15) is 8.42 Å². The molecule has 2 aliphatic carbocycles. The van der Waals surface area contributed by atoms with Crippen molar-refractivity contribution in [1.82, 2.24) is 10.0 Å². The highest BCUT2D eigenvalue weighted by Gasteiger charge is 2.28. The van der Waals surface area contributed by atoms with Crippen molar-refractivity contribution >= 4 is 21.4 Å². The van der Waals surface area contributed by atoms with E-state index in [1.807, 2.05) is 13.0 Å². The van der Waals surface area contributed by atoms with Gasteiger partial charge in [0.05, 0.1) is 0 Å². The average Bonchev–Trinajstić information content (AvgIpc) is 3.01. The van der Waals surface area contributed by atoms with Crippen molar-refractivity contribution in [2.45, 2.75) is 61.7 Å². The van der Waals surface area contributed by atoms with Crippen LogP contribution in [0.5, 0.6) is 0 Å². The van der Waals surface area contributed by atoms with Gasteiger partial charge in [0.2, 0.25) is 10.0 Å². The second-order valence-electron chi connectivity index (χ2n) is 6.30. The molecule has 0 saturated heterocycles. The molecule has 2 fully saturated rings. The third-order valence-corrected chi connectivity index (χ3v) is 7.68. The minimum Gasteiger partial charge on any atom is -0.314 e. The number of nitrogens with one attached hydrogen (secondary N) is 2. The summed E-state index contributed by atoms with van der Waals surface area (Å²) >= 11 is 1.40. The Morgan fingerprint density at radius 2 is 2.05 bits per heavy atom. The second kappa shape index (κ2) is 6.36. The Kier molecular flexibility index (Phi) is 4.69. The van der Waals surface area contributed by atoms with Crippen molar-refractivity contribution in [3.63, 3.8) is 0 Å². The van der Waals surface area contributed by atoms with Gasteiger partial charge in [-0.1, -0.05) is 6.42 Å². The SMILES string of the molecule is CC(NS(=O)(=O)c1ccc(CCNC2CC2)s1)C1CCC1. The van der Waals surface area contributed by atoms with Crippen LogP contribution in [-0.4, -0.2) is 27.0 Å². The topological polar surface area (TPSA) is 58.2 Å². The van der Waals surface area contributed by atoms with Crippen LogP contribution in [0, 0.1) is 5.92 Å². The van der Waals surface area contributed by atoms with E-state index in [1.165, 1.54) is 30.6 Å². The predicted molar refractivity (Wildman–Crippen MR) is 86.2 cm³/mol. The van der Waals surface area contributed by atoms with E-state index >= 15 is 0 Å². The summed E-state index contributed by atoms with van der Waals surface area (Å²) in [6.45, 7) is 2.92. The van der Waals surface area contributed by atoms with E-state index < -0.39 is 10.0 Å². The van der Waals surface area contributed by atoms with Crippen molar-refractivity contribution in [2.24, 2.45) is 5.92 Å². The highest BCUT2D eigenvalue weighted by molar-refractivity contribution is 7.91. The molecular weight excluding hydrogens is 304 g/mol. The van der Waals surface area contributed by atoms with Crippen molar-refractivity contribution in [3.05, 3.63) is 17.0 Å². The minimum atomic E-state index is -3.34. The molecule has 1 atom stereocenters. The van der Waals surface area contributed by atoms with Crippen molar-refractivity contribution in [3.8, 4) is 0 Å². The zero-order valence-corrected chi connectivity index (χ0v) is 14.1. The molecule has 2 saturated carbocycles. The molecule has 118 valence electrons. The van der Waals surface area contributed by atoms with E-state index in [0.717, 1.165) is 30.7 Å². The monoisotopic (exact) mass is 328 g/mol. The first-order valence-corrected chi connectivity index (χ1v) is 10.2. The van der Waals surface area contributed by atoms with Crippen molar-refractivity contribution in [1.29, 1.82) is 0 Å². The molecule has 21 heavy (non-hydrogen) atoms.